The van der Waals surface area contributed by atoms with Crippen molar-refractivity contribution >= 4 is 16.5 Å². The molecule has 0 saturated heterocycles. The molecule has 1 heterocycles. The molecule has 1 aromatic heterocycles. The molecule has 0 aromatic carbocycles. The number of nitrogens with one attached hydrogen (secondary N) is 1. The lowest BCUT2D eigenvalue weighted by atomic mass is 10.1. The fourth-order valence-corrected chi connectivity index (χ4v) is 3.14. The molecule has 1 aromatic rings. The van der Waals surface area contributed by atoms with Crippen molar-refractivity contribution in [3.05, 3.63) is 10.6 Å². The zero-order valence-corrected chi connectivity index (χ0v) is 13.9. The van der Waals surface area contributed by atoms with Crippen molar-refractivity contribution in [2.24, 2.45) is 11.8 Å². The highest BCUT2D eigenvalue weighted by molar-refractivity contribution is 7.15. The Morgan fingerprint density at radius 1 is 1.42 bits per heavy atom. The highest BCUT2D eigenvalue weighted by atomic mass is 32.1. The van der Waals surface area contributed by atoms with E-state index in [1.807, 2.05) is 11.3 Å². The lowest BCUT2D eigenvalue weighted by Gasteiger charge is -2.20. The first-order valence-corrected chi connectivity index (χ1v) is 8.00. The van der Waals surface area contributed by atoms with Gasteiger partial charge in [-0.15, -0.1) is 11.3 Å². The molecule has 1 saturated carbocycles. The van der Waals surface area contributed by atoms with Crippen LogP contribution >= 0.6 is 11.3 Å². The summed E-state index contributed by atoms with van der Waals surface area (Å²) >= 11 is 1.83. The SMILES string of the molecule is Cc1nc(N(C)CC2CC2C)sc1CNC(C)(C)C. The van der Waals surface area contributed by atoms with E-state index in [1.54, 1.807) is 0 Å². The Kier molecular flexibility index (Phi) is 4.21. The van der Waals surface area contributed by atoms with E-state index < -0.39 is 0 Å². The van der Waals surface area contributed by atoms with E-state index in [1.165, 1.54) is 22.1 Å². The minimum atomic E-state index is 0.159. The monoisotopic (exact) mass is 281 g/mol. The van der Waals surface area contributed by atoms with Crippen LogP contribution in [0.3, 0.4) is 0 Å². The van der Waals surface area contributed by atoms with E-state index in [4.69, 9.17) is 4.98 Å². The third kappa shape index (κ3) is 4.18. The van der Waals surface area contributed by atoms with Crippen LogP contribution in [0.25, 0.3) is 0 Å². The van der Waals surface area contributed by atoms with E-state index in [2.05, 4.69) is 51.9 Å². The maximum absolute atomic E-state index is 4.72. The van der Waals surface area contributed by atoms with E-state index >= 15 is 0 Å². The van der Waals surface area contributed by atoms with Crippen molar-refractivity contribution in [3.63, 3.8) is 0 Å². The number of aromatic nitrogens is 1. The van der Waals surface area contributed by atoms with Crippen LogP contribution in [-0.4, -0.2) is 24.1 Å². The summed E-state index contributed by atoms with van der Waals surface area (Å²) in [7, 11) is 2.17. The molecule has 3 nitrogen and oxygen atoms in total. The molecule has 2 atom stereocenters. The molecule has 2 unspecified atom stereocenters. The van der Waals surface area contributed by atoms with Gasteiger partial charge in [0.1, 0.15) is 0 Å². The third-order valence-corrected chi connectivity index (χ3v) is 5.04. The zero-order chi connectivity index (χ0) is 14.2. The summed E-state index contributed by atoms with van der Waals surface area (Å²) in [5, 5.41) is 4.71. The number of thiazole rings is 1. The quantitative estimate of drug-likeness (QED) is 0.896. The number of nitrogens with zero attached hydrogens (tertiary/aromatic N) is 2. The first kappa shape index (κ1) is 14.8. The standard InChI is InChI=1S/C15H27N3S/c1-10-7-12(10)9-18(6)14-17-11(2)13(19-14)8-16-15(3,4)5/h10,12,16H,7-9H2,1-6H3. The van der Waals surface area contributed by atoms with E-state index in [-0.39, 0.29) is 5.54 Å². The van der Waals surface area contributed by atoms with Crippen molar-refractivity contribution in [2.75, 3.05) is 18.5 Å². The largest absolute Gasteiger partial charge is 0.351 e. The van der Waals surface area contributed by atoms with Crippen LogP contribution in [0.2, 0.25) is 0 Å². The van der Waals surface area contributed by atoms with E-state index in [0.29, 0.717) is 0 Å². The van der Waals surface area contributed by atoms with Crippen LogP contribution in [0.5, 0.6) is 0 Å². The van der Waals surface area contributed by atoms with Gasteiger partial charge in [0, 0.05) is 30.6 Å². The molecule has 0 spiro atoms. The van der Waals surface area contributed by atoms with Gasteiger partial charge in [-0.2, -0.15) is 0 Å². The fraction of sp³-hybridized carbons (Fsp3) is 0.800. The van der Waals surface area contributed by atoms with Crippen LogP contribution in [0.15, 0.2) is 0 Å². The average Bonchev–Trinajstić information content (AvgIpc) is 2.84. The summed E-state index contributed by atoms with van der Waals surface area (Å²) in [5.74, 6) is 1.79. The van der Waals surface area contributed by atoms with Crippen LogP contribution in [0.4, 0.5) is 5.13 Å². The van der Waals surface area contributed by atoms with Gasteiger partial charge in [0.15, 0.2) is 5.13 Å². The van der Waals surface area contributed by atoms with Crippen LogP contribution in [0.1, 0.15) is 44.7 Å². The van der Waals surface area contributed by atoms with Crippen molar-refractivity contribution in [1.82, 2.24) is 10.3 Å². The molecule has 1 aliphatic rings. The molecule has 0 aliphatic heterocycles. The molecule has 0 bridgehead atoms. The molecule has 4 heteroatoms. The maximum atomic E-state index is 4.72. The number of rotatable bonds is 5. The molecule has 1 N–H and O–H groups in total. The summed E-state index contributed by atoms with van der Waals surface area (Å²) in [4.78, 5) is 8.41. The number of hydrogen-bond acceptors (Lipinski definition) is 4. The molecular weight excluding hydrogens is 254 g/mol. The molecular formula is C15H27N3S. The predicted molar refractivity (Wildman–Crippen MR) is 84.0 cm³/mol. The molecule has 0 radical (unpaired) electrons. The molecule has 2 rings (SSSR count). The topological polar surface area (TPSA) is 28.2 Å². The highest BCUT2D eigenvalue weighted by Gasteiger charge is 2.33. The Hall–Kier alpha value is -0.610. The van der Waals surface area contributed by atoms with Crippen molar-refractivity contribution in [3.8, 4) is 0 Å². The maximum Gasteiger partial charge on any atom is 0.185 e. The van der Waals surface area contributed by atoms with Crippen LogP contribution < -0.4 is 10.2 Å². The Morgan fingerprint density at radius 3 is 2.58 bits per heavy atom. The lowest BCUT2D eigenvalue weighted by molar-refractivity contribution is 0.425. The van der Waals surface area contributed by atoms with Gasteiger partial charge in [-0.3, -0.25) is 0 Å². The van der Waals surface area contributed by atoms with Gasteiger partial charge >= 0.3 is 0 Å². The number of hydrogen-bond donors (Lipinski definition) is 1. The van der Waals surface area contributed by atoms with E-state index in [9.17, 15) is 0 Å². The molecule has 1 fully saturated rings. The van der Waals surface area contributed by atoms with Crippen molar-refractivity contribution < 1.29 is 0 Å². The second-order valence-electron chi connectivity index (χ2n) is 6.96. The van der Waals surface area contributed by atoms with Gasteiger partial charge in [-0.05, 0) is 46.0 Å². The lowest BCUT2D eigenvalue weighted by Crippen LogP contribution is -2.34. The van der Waals surface area contributed by atoms with Crippen LogP contribution in [0, 0.1) is 18.8 Å². The normalized spacial score (nSPS) is 22.6. The van der Waals surface area contributed by atoms with Gasteiger partial charge in [-0.25, -0.2) is 4.98 Å². The fourth-order valence-electron chi connectivity index (χ4n) is 2.17. The Balaban J connectivity index is 1.95. The summed E-state index contributed by atoms with van der Waals surface area (Å²) < 4.78 is 0. The average molecular weight is 281 g/mol. The zero-order valence-electron chi connectivity index (χ0n) is 13.1. The summed E-state index contributed by atoms with van der Waals surface area (Å²) in [5.41, 5.74) is 1.33. The van der Waals surface area contributed by atoms with Gasteiger partial charge < -0.3 is 10.2 Å². The Labute approximate surface area is 121 Å². The van der Waals surface area contributed by atoms with Crippen molar-refractivity contribution in [1.29, 1.82) is 0 Å². The summed E-state index contributed by atoms with van der Waals surface area (Å²) in [6.45, 7) is 13.1. The molecule has 19 heavy (non-hydrogen) atoms. The first-order valence-electron chi connectivity index (χ1n) is 7.19. The van der Waals surface area contributed by atoms with Gasteiger partial charge in [0.05, 0.1) is 5.69 Å². The second-order valence-corrected chi connectivity index (χ2v) is 8.02. The molecule has 1 aliphatic carbocycles. The minimum absolute atomic E-state index is 0.159. The summed E-state index contributed by atoms with van der Waals surface area (Å²) in [6, 6.07) is 0. The molecule has 0 amide bonds. The van der Waals surface area contributed by atoms with Gasteiger partial charge in [0.25, 0.3) is 0 Å². The Bertz CT molecular complexity index is 433. The highest BCUT2D eigenvalue weighted by Crippen LogP contribution is 2.39. The second kappa shape index (κ2) is 5.41. The third-order valence-electron chi connectivity index (χ3n) is 3.77. The van der Waals surface area contributed by atoms with Gasteiger partial charge in [0.2, 0.25) is 0 Å². The molecule has 108 valence electrons. The number of anilines is 1. The van der Waals surface area contributed by atoms with E-state index in [0.717, 1.165) is 24.9 Å². The smallest absolute Gasteiger partial charge is 0.185 e. The first-order chi connectivity index (χ1) is 8.76. The number of aryl methyl sites for hydroxylation is 1. The van der Waals surface area contributed by atoms with Crippen LogP contribution in [-0.2, 0) is 6.54 Å². The summed E-state index contributed by atoms with van der Waals surface area (Å²) in [6.07, 6.45) is 1.38. The predicted octanol–water partition coefficient (Wildman–Crippen LogP) is 3.43. The Morgan fingerprint density at radius 2 is 2.05 bits per heavy atom. The van der Waals surface area contributed by atoms with Gasteiger partial charge in [-0.1, -0.05) is 6.92 Å². The van der Waals surface area contributed by atoms with Crippen molar-refractivity contribution in [2.45, 2.75) is 53.1 Å². The minimum Gasteiger partial charge on any atom is -0.351 e.